The van der Waals surface area contributed by atoms with Crippen LogP contribution in [-0.2, 0) is 9.59 Å². The number of amides is 2. The van der Waals surface area contributed by atoms with Gasteiger partial charge in [0.25, 0.3) is 0 Å². The van der Waals surface area contributed by atoms with E-state index in [0.29, 0.717) is 22.9 Å². The van der Waals surface area contributed by atoms with Gasteiger partial charge >= 0.3 is 0 Å². The number of benzene rings is 1. The summed E-state index contributed by atoms with van der Waals surface area (Å²) in [6.45, 7) is 1.93. The van der Waals surface area contributed by atoms with Crippen LogP contribution in [0.25, 0.3) is 0 Å². The molecule has 1 saturated heterocycles. The molecule has 2 rings (SSSR count). The lowest BCUT2D eigenvalue weighted by molar-refractivity contribution is -0.137. The lowest BCUT2D eigenvalue weighted by Gasteiger charge is -2.29. The largest absolute Gasteiger partial charge is 0.296 e. The molecule has 2 atom stereocenters. The van der Waals surface area contributed by atoms with Gasteiger partial charge in [-0.2, -0.15) is 0 Å². The SMILES string of the molecule is CCC1C(=O)NC(=O)CC1c1cc(Cl)cc(Cl)c1. The van der Waals surface area contributed by atoms with Gasteiger partial charge in [0.15, 0.2) is 0 Å². The number of imide groups is 1. The van der Waals surface area contributed by atoms with Crippen molar-refractivity contribution in [3.8, 4) is 0 Å². The van der Waals surface area contributed by atoms with Crippen LogP contribution in [0.1, 0.15) is 31.2 Å². The molecule has 18 heavy (non-hydrogen) atoms. The summed E-state index contributed by atoms with van der Waals surface area (Å²) in [4.78, 5) is 23.3. The average Bonchev–Trinajstić information content (AvgIpc) is 2.26. The first-order chi connectivity index (χ1) is 8.51. The Morgan fingerprint density at radius 2 is 1.83 bits per heavy atom. The molecule has 0 radical (unpaired) electrons. The lowest BCUT2D eigenvalue weighted by Crippen LogP contribution is -2.44. The standard InChI is InChI=1S/C13H13Cl2NO2/c1-2-10-11(6-12(17)16-13(10)18)7-3-8(14)5-9(15)4-7/h3-5,10-11H,2,6H2,1H3,(H,16,17,18). The van der Waals surface area contributed by atoms with Gasteiger partial charge in [0, 0.05) is 28.3 Å². The fourth-order valence-electron chi connectivity index (χ4n) is 2.42. The maximum atomic E-state index is 11.8. The van der Waals surface area contributed by atoms with E-state index in [9.17, 15) is 9.59 Å². The molecule has 0 aliphatic carbocycles. The Morgan fingerprint density at radius 3 is 2.39 bits per heavy atom. The molecule has 0 saturated carbocycles. The molecule has 5 heteroatoms. The predicted octanol–water partition coefficient (Wildman–Crippen LogP) is 3.15. The normalized spacial score (nSPS) is 23.9. The van der Waals surface area contributed by atoms with Crippen LogP contribution >= 0.6 is 23.2 Å². The minimum Gasteiger partial charge on any atom is -0.296 e. The molecule has 0 spiro atoms. The van der Waals surface area contributed by atoms with Crippen molar-refractivity contribution in [2.75, 3.05) is 0 Å². The summed E-state index contributed by atoms with van der Waals surface area (Å²) in [5.74, 6) is -0.815. The number of halogens is 2. The van der Waals surface area contributed by atoms with E-state index < -0.39 is 0 Å². The molecular weight excluding hydrogens is 273 g/mol. The summed E-state index contributed by atoms with van der Waals surface area (Å²) >= 11 is 11.9. The van der Waals surface area contributed by atoms with E-state index in [1.54, 1.807) is 18.2 Å². The maximum Gasteiger partial charge on any atom is 0.230 e. The van der Waals surface area contributed by atoms with Gasteiger partial charge in [0.05, 0.1) is 0 Å². The molecule has 3 nitrogen and oxygen atoms in total. The van der Waals surface area contributed by atoms with Crippen LogP contribution in [0.15, 0.2) is 18.2 Å². The molecular formula is C13H13Cl2NO2. The van der Waals surface area contributed by atoms with Crippen LogP contribution in [-0.4, -0.2) is 11.8 Å². The predicted molar refractivity (Wildman–Crippen MR) is 70.8 cm³/mol. The molecule has 96 valence electrons. The number of hydrogen-bond acceptors (Lipinski definition) is 2. The number of carbonyl (C=O) groups excluding carboxylic acids is 2. The Kier molecular flexibility index (Phi) is 3.93. The van der Waals surface area contributed by atoms with E-state index in [0.717, 1.165) is 5.56 Å². The van der Waals surface area contributed by atoms with Crippen molar-refractivity contribution in [3.05, 3.63) is 33.8 Å². The third-order valence-corrected chi connectivity index (χ3v) is 3.68. The molecule has 1 aliphatic heterocycles. The number of rotatable bonds is 2. The van der Waals surface area contributed by atoms with Crippen molar-refractivity contribution >= 4 is 35.0 Å². The summed E-state index contributed by atoms with van der Waals surface area (Å²) in [6.07, 6.45) is 0.967. The molecule has 2 unspecified atom stereocenters. The summed E-state index contributed by atoms with van der Waals surface area (Å²) in [5.41, 5.74) is 0.850. The highest BCUT2D eigenvalue weighted by atomic mass is 35.5. The van der Waals surface area contributed by atoms with Gasteiger partial charge in [-0.05, 0) is 30.2 Å². The molecule has 1 aliphatic rings. The first-order valence-corrected chi connectivity index (χ1v) is 6.56. The van der Waals surface area contributed by atoms with Crippen LogP contribution in [0, 0.1) is 5.92 Å². The molecule has 1 aromatic rings. The van der Waals surface area contributed by atoms with Crippen LogP contribution in [0.2, 0.25) is 10.0 Å². The van der Waals surface area contributed by atoms with E-state index in [2.05, 4.69) is 5.32 Å². The summed E-state index contributed by atoms with van der Waals surface area (Å²) < 4.78 is 0. The van der Waals surface area contributed by atoms with Crippen LogP contribution in [0.3, 0.4) is 0 Å². The Balaban J connectivity index is 2.39. The van der Waals surface area contributed by atoms with Crippen molar-refractivity contribution in [1.29, 1.82) is 0 Å². The molecule has 1 fully saturated rings. The third-order valence-electron chi connectivity index (χ3n) is 3.24. The van der Waals surface area contributed by atoms with Crippen LogP contribution in [0.5, 0.6) is 0 Å². The van der Waals surface area contributed by atoms with Crippen molar-refractivity contribution in [1.82, 2.24) is 5.32 Å². The fraction of sp³-hybridized carbons (Fsp3) is 0.385. The molecule has 1 aromatic carbocycles. The Labute approximate surface area is 115 Å². The molecule has 2 amide bonds. The zero-order chi connectivity index (χ0) is 13.3. The monoisotopic (exact) mass is 285 g/mol. The zero-order valence-corrected chi connectivity index (χ0v) is 11.4. The Morgan fingerprint density at radius 1 is 1.22 bits per heavy atom. The fourth-order valence-corrected chi connectivity index (χ4v) is 2.96. The van der Waals surface area contributed by atoms with E-state index >= 15 is 0 Å². The molecule has 0 aromatic heterocycles. The second-order valence-corrected chi connectivity index (χ2v) is 5.31. The van der Waals surface area contributed by atoms with Gasteiger partial charge in [-0.1, -0.05) is 30.1 Å². The van der Waals surface area contributed by atoms with Gasteiger partial charge in [-0.25, -0.2) is 0 Å². The minimum atomic E-state index is -0.245. The highest BCUT2D eigenvalue weighted by Crippen LogP contribution is 2.35. The second kappa shape index (κ2) is 5.29. The smallest absolute Gasteiger partial charge is 0.230 e. The second-order valence-electron chi connectivity index (χ2n) is 4.44. The van der Waals surface area contributed by atoms with Gasteiger partial charge in [-0.15, -0.1) is 0 Å². The number of piperidine rings is 1. The highest BCUT2D eigenvalue weighted by molar-refractivity contribution is 6.34. The van der Waals surface area contributed by atoms with Crippen LogP contribution in [0.4, 0.5) is 0 Å². The lowest BCUT2D eigenvalue weighted by atomic mass is 9.79. The first kappa shape index (κ1) is 13.4. The number of carbonyl (C=O) groups is 2. The number of nitrogens with one attached hydrogen (secondary N) is 1. The van der Waals surface area contributed by atoms with Crippen molar-refractivity contribution in [2.45, 2.75) is 25.7 Å². The minimum absolute atomic E-state index is 0.146. The van der Waals surface area contributed by atoms with E-state index in [4.69, 9.17) is 23.2 Å². The first-order valence-electron chi connectivity index (χ1n) is 5.81. The van der Waals surface area contributed by atoms with Gasteiger partial charge in [0.2, 0.25) is 11.8 Å². The van der Waals surface area contributed by atoms with Gasteiger partial charge < -0.3 is 0 Å². The average molecular weight is 286 g/mol. The summed E-state index contributed by atoms with van der Waals surface area (Å²) in [6, 6.07) is 5.18. The Hall–Kier alpha value is -1.06. The highest BCUT2D eigenvalue weighted by Gasteiger charge is 2.35. The molecule has 1 heterocycles. The zero-order valence-electron chi connectivity index (χ0n) is 9.87. The molecule has 1 N–H and O–H groups in total. The quantitative estimate of drug-likeness (QED) is 0.849. The van der Waals surface area contributed by atoms with Crippen molar-refractivity contribution < 1.29 is 9.59 Å². The Bertz CT molecular complexity index is 482. The van der Waals surface area contributed by atoms with E-state index in [1.165, 1.54) is 0 Å². The maximum absolute atomic E-state index is 11.8. The molecule has 0 bridgehead atoms. The van der Waals surface area contributed by atoms with E-state index in [-0.39, 0.29) is 23.7 Å². The van der Waals surface area contributed by atoms with E-state index in [1.807, 2.05) is 6.92 Å². The van der Waals surface area contributed by atoms with Crippen LogP contribution < -0.4 is 5.32 Å². The third kappa shape index (κ3) is 2.68. The van der Waals surface area contributed by atoms with Crippen molar-refractivity contribution in [2.24, 2.45) is 5.92 Å². The van der Waals surface area contributed by atoms with Crippen molar-refractivity contribution in [3.63, 3.8) is 0 Å². The number of hydrogen-bond donors (Lipinski definition) is 1. The summed E-state index contributed by atoms with van der Waals surface area (Å²) in [7, 11) is 0. The topological polar surface area (TPSA) is 46.2 Å². The summed E-state index contributed by atoms with van der Waals surface area (Å²) in [5, 5.41) is 3.40. The van der Waals surface area contributed by atoms with Gasteiger partial charge in [-0.3, -0.25) is 14.9 Å². The van der Waals surface area contributed by atoms with Gasteiger partial charge in [0.1, 0.15) is 0 Å².